The van der Waals surface area contributed by atoms with Crippen LogP contribution in [0.2, 0.25) is 0 Å². The molecule has 0 aliphatic heterocycles. The molecule has 3 nitrogen and oxygen atoms in total. The highest BCUT2D eigenvalue weighted by Gasteiger charge is 2.26. The Morgan fingerprint density at radius 3 is 2.76 bits per heavy atom. The molecule has 3 heteroatoms. The molecule has 2 rings (SSSR count). The van der Waals surface area contributed by atoms with Crippen LogP contribution in [0.15, 0.2) is 22.8 Å². The second kappa shape index (κ2) is 6.22. The number of hydrogen-bond donors (Lipinski definition) is 1. The van der Waals surface area contributed by atoms with Crippen molar-refractivity contribution in [2.75, 3.05) is 0 Å². The molecule has 1 aromatic rings. The van der Waals surface area contributed by atoms with Crippen molar-refractivity contribution in [1.29, 1.82) is 0 Å². The lowest BCUT2D eigenvalue weighted by atomic mass is 9.97. The molecule has 0 amide bonds. The summed E-state index contributed by atoms with van der Waals surface area (Å²) in [7, 11) is 0. The zero-order chi connectivity index (χ0) is 12.1. The summed E-state index contributed by atoms with van der Waals surface area (Å²) in [6.07, 6.45) is 9.07. The van der Waals surface area contributed by atoms with Crippen LogP contribution >= 0.6 is 0 Å². The Morgan fingerprint density at radius 2 is 2.18 bits per heavy atom. The number of rotatable bonds is 5. The third kappa shape index (κ3) is 3.33. The van der Waals surface area contributed by atoms with Crippen molar-refractivity contribution in [3.05, 3.63) is 24.2 Å². The van der Waals surface area contributed by atoms with Gasteiger partial charge >= 0.3 is 0 Å². The second-order valence-electron chi connectivity index (χ2n) is 4.90. The first-order valence-electron chi connectivity index (χ1n) is 6.75. The smallest absolute Gasteiger partial charge is 0.134 e. The third-order valence-corrected chi connectivity index (χ3v) is 3.58. The molecule has 96 valence electrons. The van der Waals surface area contributed by atoms with Crippen LogP contribution in [0.4, 0.5) is 0 Å². The van der Waals surface area contributed by atoms with Gasteiger partial charge in [0.1, 0.15) is 11.9 Å². The third-order valence-electron chi connectivity index (χ3n) is 3.58. The fourth-order valence-electron chi connectivity index (χ4n) is 2.45. The molecule has 17 heavy (non-hydrogen) atoms. The van der Waals surface area contributed by atoms with E-state index in [4.69, 9.17) is 14.9 Å². The monoisotopic (exact) mass is 237 g/mol. The molecule has 1 heterocycles. The molecule has 1 fully saturated rings. The molecular formula is C14H23NO2. The van der Waals surface area contributed by atoms with Crippen molar-refractivity contribution >= 4 is 0 Å². The standard InChI is InChI=1S/C14H23NO2/c1-2-12(15)14(13-9-6-10-16-13)17-11-7-4-3-5-8-11/h6,9-12,14H,2-5,7-8,15H2,1H3. The second-order valence-corrected chi connectivity index (χ2v) is 4.90. The predicted molar refractivity (Wildman–Crippen MR) is 67.7 cm³/mol. The predicted octanol–water partition coefficient (Wildman–Crippen LogP) is 3.41. The summed E-state index contributed by atoms with van der Waals surface area (Å²) in [5.41, 5.74) is 6.14. The van der Waals surface area contributed by atoms with Crippen molar-refractivity contribution in [3.8, 4) is 0 Å². The van der Waals surface area contributed by atoms with E-state index in [1.165, 1.54) is 19.3 Å². The van der Waals surface area contributed by atoms with Gasteiger partial charge in [-0.1, -0.05) is 26.2 Å². The molecule has 0 bridgehead atoms. The maximum atomic E-state index is 6.17. The van der Waals surface area contributed by atoms with E-state index in [2.05, 4.69) is 6.92 Å². The highest BCUT2D eigenvalue weighted by atomic mass is 16.5. The van der Waals surface area contributed by atoms with Gasteiger partial charge in [0, 0.05) is 6.04 Å². The maximum absolute atomic E-state index is 6.17. The van der Waals surface area contributed by atoms with E-state index >= 15 is 0 Å². The van der Waals surface area contributed by atoms with Gasteiger partial charge in [0.05, 0.1) is 12.4 Å². The van der Waals surface area contributed by atoms with Crippen LogP contribution in [0.1, 0.15) is 57.3 Å². The summed E-state index contributed by atoms with van der Waals surface area (Å²) < 4.78 is 11.6. The van der Waals surface area contributed by atoms with E-state index in [9.17, 15) is 0 Å². The van der Waals surface area contributed by atoms with Gasteiger partial charge < -0.3 is 14.9 Å². The first-order valence-corrected chi connectivity index (χ1v) is 6.75. The molecule has 1 aromatic heterocycles. The number of ether oxygens (including phenoxy) is 1. The minimum Gasteiger partial charge on any atom is -0.467 e. The summed E-state index contributed by atoms with van der Waals surface area (Å²) >= 11 is 0. The lowest BCUT2D eigenvalue weighted by Gasteiger charge is -2.29. The van der Waals surface area contributed by atoms with Gasteiger partial charge in [-0.25, -0.2) is 0 Å². The van der Waals surface area contributed by atoms with Crippen LogP contribution in [-0.4, -0.2) is 12.1 Å². The molecule has 0 radical (unpaired) electrons. The molecule has 1 aliphatic carbocycles. The fraction of sp³-hybridized carbons (Fsp3) is 0.714. The first kappa shape index (κ1) is 12.7. The highest BCUT2D eigenvalue weighted by Crippen LogP contribution is 2.29. The van der Waals surface area contributed by atoms with E-state index in [0.29, 0.717) is 6.10 Å². The SMILES string of the molecule is CCC(N)C(OC1CCCCC1)c1ccco1. The van der Waals surface area contributed by atoms with Crippen molar-refractivity contribution in [1.82, 2.24) is 0 Å². The van der Waals surface area contributed by atoms with Gasteiger partial charge in [0.15, 0.2) is 0 Å². The van der Waals surface area contributed by atoms with E-state index in [1.807, 2.05) is 12.1 Å². The van der Waals surface area contributed by atoms with Crippen molar-refractivity contribution in [3.63, 3.8) is 0 Å². The summed E-state index contributed by atoms with van der Waals surface area (Å²) in [5.74, 6) is 0.866. The van der Waals surface area contributed by atoms with Crippen LogP contribution in [0, 0.1) is 0 Å². The molecule has 2 unspecified atom stereocenters. The van der Waals surface area contributed by atoms with Crippen LogP contribution < -0.4 is 5.73 Å². The Kier molecular flexibility index (Phi) is 4.63. The van der Waals surface area contributed by atoms with Gasteiger partial charge in [-0.3, -0.25) is 0 Å². The van der Waals surface area contributed by atoms with Gasteiger partial charge in [-0.15, -0.1) is 0 Å². The Labute approximate surface area is 103 Å². The summed E-state index contributed by atoms with van der Waals surface area (Å²) in [6, 6.07) is 3.88. The molecule has 0 spiro atoms. The number of furan rings is 1. The Bertz CT molecular complexity index is 304. The van der Waals surface area contributed by atoms with Crippen LogP contribution in [0.25, 0.3) is 0 Å². The molecule has 1 saturated carbocycles. The van der Waals surface area contributed by atoms with Gasteiger partial charge in [0.2, 0.25) is 0 Å². The lowest BCUT2D eigenvalue weighted by Crippen LogP contribution is -2.32. The zero-order valence-corrected chi connectivity index (χ0v) is 10.6. The Balaban J connectivity index is 2.00. The van der Waals surface area contributed by atoms with E-state index in [-0.39, 0.29) is 12.1 Å². The average molecular weight is 237 g/mol. The largest absolute Gasteiger partial charge is 0.467 e. The van der Waals surface area contributed by atoms with Gasteiger partial charge in [-0.2, -0.15) is 0 Å². The van der Waals surface area contributed by atoms with E-state index in [0.717, 1.165) is 25.0 Å². The molecule has 0 saturated heterocycles. The zero-order valence-electron chi connectivity index (χ0n) is 10.6. The van der Waals surface area contributed by atoms with Crippen molar-refractivity contribution in [2.45, 2.75) is 63.7 Å². The number of nitrogens with two attached hydrogens (primary N) is 1. The van der Waals surface area contributed by atoms with Gasteiger partial charge in [-0.05, 0) is 31.4 Å². The molecule has 1 aliphatic rings. The van der Waals surface area contributed by atoms with Crippen molar-refractivity contribution in [2.24, 2.45) is 5.73 Å². The van der Waals surface area contributed by atoms with Crippen molar-refractivity contribution < 1.29 is 9.15 Å². The molecular weight excluding hydrogens is 214 g/mol. The van der Waals surface area contributed by atoms with E-state index in [1.54, 1.807) is 6.26 Å². The van der Waals surface area contributed by atoms with Crippen LogP contribution in [-0.2, 0) is 4.74 Å². The number of hydrogen-bond acceptors (Lipinski definition) is 3. The van der Waals surface area contributed by atoms with Crippen LogP contribution in [0.3, 0.4) is 0 Å². The first-order chi connectivity index (χ1) is 8.31. The van der Waals surface area contributed by atoms with E-state index < -0.39 is 0 Å². The molecule has 2 atom stereocenters. The summed E-state index contributed by atoms with van der Waals surface area (Å²) in [6.45, 7) is 2.09. The quantitative estimate of drug-likeness (QED) is 0.853. The summed E-state index contributed by atoms with van der Waals surface area (Å²) in [4.78, 5) is 0. The normalized spacial score (nSPS) is 21.3. The molecule has 0 aromatic carbocycles. The Hall–Kier alpha value is -0.800. The highest BCUT2D eigenvalue weighted by molar-refractivity contribution is 5.05. The molecule has 2 N–H and O–H groups in total. The minimum atomic E-state index is -0.0851. The summed E-state index contributed by atoms with van der Waals surface area (Å²) in [5, 5.41) is 0. The van der Waals surface area contributed by atoms with Crippen LogP contribution in [0.5, 0.6) is 0 Å². The topological polar surface area (TPSA) is 48.4 Å². The maximum Gasteiger partial charge on any atom is 0.134 e. The lowest BCUT2D eigenvalue weighted by molar-refractivity contribution is -0.0530. The fourth-order valence-corrected chi connectivity index (χ4v) is 2.45. The Morgan fingerprint density at radius 1 is 1.41 bits per heavy atom. The average Bonchev–Trinajstić information content (AvgIpc) is 2.90. The van der Waals surface area contributed by atoms with Gasteiger partial charge in [0.25, 0.3) is 0 Å². The minimum absolute atomic E-state index is 0.0167.